The summed E-state index contributed by atoms with van der Waals surface area (Å²) in [5, 5.41) is 12.0. The maximum absolute atomic E-state index is 13.4. The lowest BCUT2D eigenvalue weighted by molar-refractivity contribution is -0.172. The van der Waals surface area contributed by atoms with Gasteiger partial charge in [0.1, 0.15) is 6.61 Å². The highest BCUT2D eigenvalue weighted by Gasteiger charge is 2.45. The summed E-state index contributed by atoms with van der Waals surface area (Å²) in [4.78, 5) is 33.0. The molecular weight excluding hydrogens is 436 g/mol. The van der Waals surface area contributed by atoms with Gasteiger partial charge in [0.15, 0.2) is 5.60 Å². The van der Waals surface area contributed by atoms with Crippen molar-refractivity contribution in [3.05, 3.63) is 56.9 Å². The highest BCUT2D eigenvalue weighted by Crippen LogP contribution is 2.40. The van der Waals surface area contributed by atoms with Gasteiger partial charge in [0, 0.05) is 41.8 Å². The Balaban J connectivity index is 1.55. The number of aromatic nitrogens is 2. The van der Waals surface area contributed by atoms with Gasteiger partial charge >= 0.3 is 5.97 Å². The van der Waals surface area contributed by atoms with Crippen LogP contribution in [-0.2, 0) is 39.6 Å². The number of nitrogens with two attached hydrogens (primary N) is 1. The molecule has 0 spiro atoms. The summed E-state index contributed by atoms with van der Waals surface area (Å²) < 4.78 is 12.3. The number of carbonyl (C=O) groups is 1. The number of rotatable bonds is 3. The van der Waals surface area contributed by atoms with E-state index in [0.29, 0.717) is 48.8 Å². The van der Waals surface area contributed by atoms with Crippen LogP contribution in [-0.4, -0.2) is 46.9 Å². The molecule has 3 aromatic rings. The van der Waals surface area contributed by atoms with Gasteiger partial charge < -0.3 is 29.8 Å². The fourth-order valence-electron chi connectivity index (χ4n) is 5.40. The number of nitrogens with zero attached hydrogens (tertiary/aromatic N) is 3. The Hall–Kier alpha value is -3.27. The predicted molar refractivity (Wildman–Crippen MR) is 125 cm³/mol. The first-order valence-corrected chi connectivity index (χ1v) is 11.6. The minimum Gasteiger partial charge on any atom is -0.458 e. The van der Waals surface area contributed by atoms with Gasteiger partial charge in [-0.1, -0.05) is 6.92 Å². The topological polar surface area (TPSA) is 120 Å². The van der Waals surface area contributed by atoms with Crippen LogP contribution in [0.15, 0.2) is 29.1 Å². The molecule has 6 rings (SSSR count). The summed E-state index contributed by atoms with van der Waals surface area (Å²) in [5.41, 5.74) is 9.76. The van der Waals surface area contributed by atoms with E-state index in [1.165, 1.54) is 0 Å². The zero-order valence-corrected chi connectivity index (χ0v) is 19.0. The number of ether oxygens (including phenoxy) is 2. The Morgan fingerprint density at radius 3 is 2.71 bits per heavy atom. The molecule has 0 radical (unpaired) electrons. The summed E-state index contributed by atoms with van der Waals surface area (Å²) in [6, 6.07) is 7.88. The second-order valence-electron chi connectivity index (χ2n) is 9.03. The molecule has 0 aliphatic carbocycles. The lowest BCUT2D eigenvalue weighted by atomic mass is 9.86. The Kier molecular flexibility index (Phi) is 4.77. The van der Waals surface area contributed by atoms with Crippen molar-refractivity contribution in [2.75, 3.05) is 31.2 Å². The fourth-order valence-corrected chi connectivity index (χ4v) is 5.40. The van der Waals surface area contributed by atoms with Crippen molar-refractivity contribution < 1.29 is 19.4 Å². The molecule has 0 unspecified atom stereocenters. The highest BCUT2D eigenvalue weighted by atomic mass is 16.6. The van der Waals surface area contributed by atoms with E-state index >= 15 is 0 Å². The van der Waals surface area contributed by atoms with Gasteiger partial charge in [-0.15, -0.1) is 0 Å². The van der Waals surface area contributed by atoms with Crippen LogP contribution in [0.4, 0.5) is 5.69 Å². The average Bonchev–Trinajstić information content (AvgIpc) is 3.24. The van der Waals surface area contributed by atoms with Crippen molar-refractivity contribution in [2.24, 2.45) is 5.73 Å². The monoisotopic (exact) mass is 462 g/mol. The van der Waals surface area contributed by atoms with Gasteiger partial charge in [-0.2, -0.15) is 0 Å². The molecule has 5 heterocycles. The zero-order chi connectivity index (χ0) is 23.6. The van der Waals surface area contributed by atoms with Crippen LogP contribution in [0.3, 0.4) is 0 Å². The van der Waals surface area contributed by atoms with E-state index in [0.717, 1.165) is 40.8 Å². The molecule has 2 aromatic heterocycles. The lowest BCUT2D eigenvalue weighted by Crippen LogP contribution is -2.44. The summed E-state index contributed by atoms with van der Waals surface area (Å²) in [6.45, 7) is 5.24. The van der Waals surface area contributed by atoms with Gasteiger partial charge in [0.05, 0.1) is 42.2 Å². The Morgan fingerprint density at radius 2 is 1.97 bits per heavy atom. The number of hydrogen-bond acceptors (Lipinski definition) is 8. The SMILES string of the molecule is CC[C@@]1(O)C(=O)OCc2c1cc1n(c2=O)Cc2c-1nc1ccc(N3CCOCC3)cc1c2CN. The van der Waals surface area contributed by atoms with Crippen LogP contribution in [0.2, 0.25) is 0 Å². The first-order valence-electron chi connectivity index (χ1n) is 11.6. The molecule has 0 saturated carbocycles. The number of anilines is 1. The number of morpholine rings is 1. The fraction of sp³-hybridized carbons (Fsp3) is 0.400. The van der Waals surface area contributed by atoms with Gasteiger partial charge in [-0.25, -0.2) is 9.78 Å². The number of aliphatic hydroxyl groups is 1. The molecule has 1 saturated heterocycles. The number of esters is 1. The molecule has 1 atom stereocenters. The molecule has 34 heavy (non-hydrogen) atoms. The van der Waals surface area contributed by atoms with E-state index < -0.39 is 11.6 Å². The number of pyridine rings is 2. The van der Waals surface area contributed by atoms with Crippen molar-refractivity contribution in [2.45, 2.75) is 38.6 Å². The summed E-state index contributed by atoms with van der Waals surface area (Å²) in [5.74, 6) is -0.727. The molecule has 3 N–H and O–H groups in total. The predicted octanol–water partition coefficient (Wildman–Crippen LogP) is 1.37. The number of cyclic esters (lactones) is 1. The van der Waals surface area contributed by atoms with Crippen LogP contribution >= 0.6 is 0 Å². The second kappa shape index (κ2) is 7.63. The third kappa shape index (κ3) is 2.87. The first kappa shape index (κ1) is 21.3. The smallest absolute Gasteiger partial charge is 0.343 e. The second-order valence-corrected chi connectivity index (χ2v) is 9.03. The van der Waals surface area contributed by atoms with Gasteiger partial charge in [-0.3, -0.25) is 4.79 Å². The average molecular weight is 463 g/mol. The van der Waals surface area contributed by atoms with E-state index in [2.05, 4.69) is 11.0 Å². The van der Waals surface area contributed by atoms with Gasteiger partial charge in [-0.05, 0) is 36.2 Å². The lowest BCUT2D eigenvalue weighted by Gasteiger charge is -2.31. The van der Waals surface area contributed by atoms with Crippen molar-refractivity contribution >= 4 is 22.6 Å². The molecule has 0 bridgehead atoms. The molecule has 3 aliphatic rings. The van der Waals surface area contributed by atoms with Crippen LogP contribution in [0.5, 0.6) is 0 Å². The normalized spacial score (nSPS) is 21.3. The van der Waals surface area contributed by atoms with Crippen molar-refractivity contribution in [1.29, 1.82) is 0 Å². The van der Waals surface area contributed by atoms with Crippen LogP contribution < -0.4 is 16.2 Å². The minimum absolute atomic E-state index is 0.109. The van der Waals surface area contributed by atoms with E-state index in [-0.39, 0.29) is 18.6 Å². The number of carbonyl (C=O) groups excluding carboxylic acids is 1. The number of benzene rings is 1. The third-order valence-corrected chi connectivity index (χ3v) is 7.37. The van der Waals surface area contributed by atoms with E-state index in [1.807, 2.05) is 12.1 Å². The molecule has 3 aliphatic heterocycles. The Morgan fingerprint density at radius 1 is 1.18 bits per heavy atom. The molecule has 9 nitrogen and oxygen atoms in total. The molecule has 9 heteroatoms. The molecule has 1 aromatic carbocycles. The number of hydrogen-bond donors (Lipinski definition) is 2. The van der Waals surface area contributed by atoms with Crippen LogP contribution in [0, 0.1) is 0 Å². The standard InChI is InChI=1S/C25H26N4O5/c1-2-25(32)19-10-21-22-17(12-29(21)23(30)18(19)13-34-24(25)31)16(11-26)15-9-14(3-4-20(15)27-22)28-5-7-33-8-6-28/h3-4,9-10,32H,2,5-8,11-13,26H2,1H3/t25-/m0/s1. The van der Waals surface area contributed by atoms with Gasteiger partial charge in [0.2, 0.25) is 0 Å². The first-order chi connectivity index (χ1) is 16.5. The van der Waals surface area contributed by atoms with Crippen molar-refractivity contribution in [3.8, 4) is 11.4 Å². The Bertz CT molecular complexity index is 1410. The van der Waals surface area contributed by atoms with E-state index in [1.54, 1.807) is 17.6 Å². The van der Waals surface area contributed by atoms with Crippen LogP contribution in [0.25, 0.3) is 22.3 Å². The van der Waals surface area contributed by atoms with Gasteiger partial charge in [0.25, 0.3) is 5.56 Å². The Labute approximate surface area is 195 Å². The molecule has 1 fully saturated rings. The van der Waals surface area contributed by atoms with Crippen molar-refractivity contribution in [3.63, 3.8) is 0 Å². The van der Waals surface area contributed by atoms with E-state index in [9.17, 15) is 14.7 Å². The molecule has 0 amide bonds. The highest BCUT2D eigenvalue weighted by molar-refractivity contribution is 5.91. The maximum Gasteiger partial charge on any atom is 0.343 e. The summed E-state index contributed by atoms with van der Waals surface area (Å²) >= 11 is 0. The molecule has 176 valence electrons. The summed E-state index contributed by atoms with van der Waals surface area (Å²) in [7, 11) is 0. The minimum atomic E-state index is -1.84. The van der Waals surface area contributed by atoms with Crippen LogP contribution in [0.1, 0.15) is 35.6 Å². The quantitative estimate of drug-likeness (QED) is 0.438. The third-order valence-electron chi connectivity index (χ3n) is 7.37. The number of fused-ring (bicyclic) bond motifs is 5. The summed E-state index contributed by atoms with van der Waals surface area (Å²) in [6.07, 6.45) is 0.109. The zero-order valence-electron chi connectivity index (χ0n) is 19.0. The van der Waals surface area contributed by atoms with E-state index in [4.69, 9.17) is 20.2 Å². The van der Waals surface area contributed by atoms with Crippen molar-refractivity contribution in [1.82, 2.24) is 9.55 Å². The molecular formula is C25H26N4O5. The maximum atomic E-state index is 13.4. The largest absolute Gasteiger partial charge is 0.458 e.